The Hall–Kier alpha value is -1.79. The van der Waals surface area contributed by atoms with Gasteiger partial charge in [-0.1, -0.05) is 27.2 Å². The summed E-state index contributed by atoms with van der Waals surface area (Å²) in [6.07, 6.45) is -1.42. The van der Waals surface area contributed by atoms with Crippen LogP contribution in [0.4, 0.5) is 13.2 Å². The SMILES string of the molecule is CC1CCC(C(C)C)C(OC(=O)C(C)n2cc(C(F)(F)F)ccc2=O)C1. The first-order valence-electron chi connectivity index (χ1n) is 9.00. The molecule has 2 rings (SSSR count). The van der Waals surface area contributed by atoms with Gasteiger partial charge in [0.2, 0.25) is 0 Å². The summed E-state index contributed by atoms with van der Waals surface area (Å²) in [7, 11) is 0. The highest BCUT2D eigenvalue weighted by Gasteiger charge is 2.35. The lowest BCUT2D eigenvalue weighted by molar-refractivity contribution is -0.160. The normalized spacial score (nSPS) is 25.2. The lowest BCUT2D eigenvalue weighted by Gasteiger charge is -2.37. The van der Waals surface area contributed by atoms with Crippen molar-refractivity contribution >= 4 is 5.97 Å². The van der Waals surface area contributed by atoms with Gasteiger partial charge in [0, 0.05) is 12.3 Å². The maximum atomic E-state index is 12.9. The Morgan fingerprint density at radius 1 is 1.23 bits per heavy atom. The first-order valence-corrected chi connectivity index (χ1v) is 9.00. The molecule has 1 fully saturated rings. The monoisotopic (exact) mass is 373 g/mol. The van der Waals surface area contributed by atoms with Crippen molar-refractivity contribution in [2.75, 3.05) is 0 Å². The summed E-state index contributed by atoms with van der Waals surface area (Å²) < 4.78 is 45.1. The molecular formula is C19H26F3NO3. The Morgan fingerprint density at radius 2 is 1.88 bits per heavy atom. The van der Waals surface area contributed by atoms with Crippen LogP contribution < -0.4 is 5.56 Å². The number of aromatic nitrogens is 1. The van der Waals surface area contributed by atoms with E-state index in [2.05, 4.69) is 20.8 Å². The Bertz CT molecular complexity index is 696. The van der Waals surface area contributed by atoms with Gasteiger partial charge in [-0.15, -0.1) is 0 Å². The zero-order chi connectivity index (χ0) is 19.6. The molecule has 4 nitrogen and oxygen atoms in total. The van der Waals surface area contributed by atoms with Gasteiger partial charge in [0.15, 0.2) is 0 Å². The molecule has 4 unspecified atom stereocenters. The number of hydrogen-bond donors (Lipinski definition) is 0. The van der Waals surface area contributed by atoms with Crippen molar-refractivity contribution < 1.29 is 22.7 Å². The number of halogens is 3. The topological polar surface area (TPSA) is 48.3 Å². The van der Waals surface area contributed by atoms with E-state index in [0.717, 1.165) is 29.9 Å². The van der Waals surface area contributed by atoms with Crippen molar-refractivity contribution in [3.05, 3.63) is 34.2 Å². The fourth-order valence-electron chi connectivity index (χ4n) is 3.59. The number of hydrogen-bond acceptors (Lipinski definition) is 3. The molecule has 0 bridgehead atoms. The zero-order valence-corrected chi connectivity index (χ0v) is 15.5. The molecule has 1 aromatic heterocycles. The molecule has 0 aliphatic heterocycles. The van der Waals surface area contributed by atoms with Crippen LogP contribution >= 0.6 is 0 Å². The maximum absolute atomic E-state index is 12.9. The number of rotatable bonds is 4. The lowest BCUT2D eigenvalue weighted by Crippen LogP contribution is -2.38. The smallest absolute Gasteiger partial charge is 0.417 e. The minimum Gasteiger partial charge on any atom is -0.461 e. The van der Waals surface area contributed by atoms with Crippen molar-refractivity contribution in [2.24, 2.45) is 17.8 Å². The quantitative estimate of drug-likeness (QED) is 0.734. The maximum Gasteiger partial charge on any atom is 0.417 e. The molecule has 0 spiro atoms. The number of esters is 1. The molecule has 26 heavy (non-hydrogen) atoms. The highest BCUT2D eigenvalue weighted by atomic mass is 19.4. The average Bonchev–Trinajstić information content (AvgIpc) is 2.53. The number of nitrogens with zero attached hydrogens (tertiary/aromatic N) is 1. The second-order valence-electron chi connectivity index (χ2n) is 7.64. The molecule has 1 aliphatic carbocycles. The number of pyridine rings is 1. The van der Waals surface area contributed by atoms with Gasteiger partial charge in [0.05, 0.1) is 5.56 Å². The molecule has 1 heterocycles. The Labute approximate surface area is 151 Å². The molecule has 1 aliphatic rings. The number of ether oxygens (including phenoxy) is 1. The second kappa shape index (κ2) is 7.84. The van der Waals surface area contributed by atoms with Crippen LogP contribution in [0.5, 0.6) is 0 Å². The van der Waals surface area contributed by atoms with Crippen molar-refractivity contribution in [1.82, 2.24) is 4.57 Å². The summed E-state index contributed by atoms with van der Waals surface area (Å²) in [5, 5.41) is 0. The first kappa shape index (κ1) is 20.5. The van der Waals surface area contributed by atoms with Crippen molar-refractivity contribution in [2.45, 2.75) is 65.3 Å². The molecule has 146 valence electrons. The Kier molecular flexibility index (Phi) is 6.19. The van der Waals surface area contributed by atoms with E-state index in [1.807, 2.05) is 0 Å². The molecule has 0 aromatic carbocycles. The minimum absolute atomic E-state index is 0.223. The highest BCUT2D eigenvalue weighted by Crippen LogP contribution is 2.36. The zero-order valence-electron chi connectivity index (χ0n) is 15.5. The van der Waals surface area contributed by atoms with E-state index >= 15 is 0 Å². The first-order chi connectivity index (χ1) is 12.0. The Morgan fingerprint density at radius 3 is 2.46 bits per heavy atom. The Balaban J connectivity index is 2.20. The van der Waals surface area contributed by atoms with E-state index < -0.39 is 29.3 Å². The van der Waals surface area contributed by atoms with Crippen LogP contribution in [0.3, 0.4) is 0 Å². The third kappa shape index (κ3) is 4.68. The van der Waals surface area contributed by atoms with Crippen LogP contribution in [0.25, 0.3) is 0 Å². The molecule has 0 saturated heterocycles. The fourth-order valence-corrected chi connectivity index (χ4v) is 3.59. The summed E-state index contributed by atoms with van der Waals surface area (Å²) in [6, 6.07) is 0.426. The van der Waals surface area contributed by atoms with Crippen molar-refractivity contribution in [3.63, 3.8) is 0 Å². The standard InChI is InChI=1S/C19H26F3NO3/c1-11(2)15-7-5-12(3)9-16(15)26-18(25)13(4)23-10-14(19(20,21)22)6-8-17(23)24/h6,8,10-13,15-16H,5,7,9H2,1-4H3. The predicted octanol–water partition coefficient (Wildman–Crippen LogP) is 4.43. The van der Waals surface area contributed by atoms with E-state index in [1.54, 1.807) is 0 Å². The second-order valence-corrected chi connectivity index (χ2v) is 7.64. The summed E-state index contributed by atoms with van der Waals surface area (Å²) in [5.74, 6) is 0.318. The van der Waals surface area contributed by atoms with Crippen LogP contribution in [0.15, 0.2) is 23.1 Å². The van der Waals surface area contributed by atoms with Gasteiger partial charge in [-0.05, 0) is 43.6 Å². The van der Waals surface area contributed by atoms with Gasteiger partial charge >= 0.3 is 12.1 Å². The molecule has 1 saturated carbocycles. The van der Waals surface area contributed by atoms with E-state index in [4.69, 9.17) is 4.74 Å². The molecule has 1 aromatic rings. The summed E-state index contributed by atoms with van der Waals surface area (Å²) in [4.78, 5) is 24.5. The molecular weight excluding hydrogens is 347 g/mol. The molecule has 0 amide bonds. The molecule has 0 radical (unpaired) electrons. The van der Waals surface area contributed by atoms with E-state index in [9.17, 15) is 22.8 Å². The van der Waals surface area contributed by atoms with E-state index in [0.29, 0.717) is 24.1 Å². The summed E-state index contributed by atoms with van der Waals surface area (Å²) in [5.41, 5.74) is -1.64. The van der Waals surface area contributed by atoms with E-state index in [-0.39, 0.29) is 12.0 Å². The third-order valence-corrected chi connectivity index (χ3v) is 5.25. The van der Waals surface area contributed by atoms with Gasteiger partial charge < -0.3 is 9.30 Å². The van der Waals surface area contributed by atoms with Gasteiger partial charge in [0.1, 0.15) is 12.1 Å². The fraction of sp³-hybridized carbons (Fsp3) is 0.684. The van der Waals surface area contributed by atoms with E-state index in [1.165, 1.54) is 6.92 Å². The lowest BCUT2D eigenvalue weighted by atomic mass is 9.75. The van der Waals surface area contributed by atoms with Crippen molar-refractivity contribution in [1.29, 1.82) is 0 Å². The number of alkyl halides is 3. The van der Waals surface area contributed by atoms with Crippen LogP contribution in [-0.2, 0) is 15.7 Å². The van der Waals surface area contributed by atoms with Gasteiger partial charge in [0.25, 0.3) is 5.56 Å². The number of carbonyl (C=O) groups is 1. The molecule has 7 heteroatoms. The summed E-state index contributed by atoms with van der Waals surface area (Å²) >= 11 is 0. The van der Waals surface area contributed by atoms with Gasteiger partial charge in [-0.2, -0.15) is 13.2 Å². The van der Waals surface area contributed by atoms with Crippen LogP contribution in [0.1, 0.15) is 58.6 Å². The third-order valence-electron chi connectivity index (χ3n) is 5.25. The average molecular weight is 373 g/mol. The number of carbonyl (C=O) groups excluding carboxylic acids is 1. The van der Waals surface area contributed by atoms with Crippen molar-refractivity contribution in [3.8, 4) is 0 Å². The summed E-state index contributed by atoms with van der Waals surface area (Å²) in [6.45, 7) is 7.63. The van der Waals surface area contributed by atoms with Crippen LogP contribution in [0, 0.1) is 17.8 Å². The molecule has 4 atom stereocenters. The molecule has 0 N–H and O–H groups in total. The predicted molar refractivity (Wildman–Crippen MR) is 91.6 cm³/mol. The van der Waals surface area contributed by atoms with Gasteiger partial charge in [-0.25, -0.2) is 4.79 Å². The largest absolute Gasteiger partial charge is 0.461 e. The van der Waals surface area contributed by atoms with Crippen LogP contribution in [0.2, 0.25) is 0 Å². The minimum atomic E-state index is -4.58. The highest BCUT2D eigenvalue weighted by molar-refractivity contribution is 5.74. The van der Waals surface area contributed by atoms with Gasteiger partial charge in [-0.3, -0.25) is 4.79 Å². The van der Waals surface area contributed by atoms with Crippen LogP contribution in [-0.4, -0.2) is 16.6 Å².